The molecule has 8 nitrogen and oxygen atoms in total. The number of nitrogens with one attached hydrogen (secondary N) is 1. The number of anilines is 2. The van der Waals surface area contributed by atoms with Crippen LogP contribution in [-0.2, 0) is 16.8 Å². The predicted molar refractivity (Wildman–Crippen MR) is 132 cm³/mol. The van der Waals surface area contributed by atoms with Crippen molar-refractivity contribution in [1.29, 1.82) is 5.41 Å². The Hall–Kier alpha value is -3.11. The van der Waals surface area contributed by atoms with Gasteiger partial charge in [-0.15, -0.1) is 0 Å². The summed E-state index contributed by atoms with van der Waals surface area (Å²) in [6.45, 7) is 10.6. The van der Waals surface area contributed by atoms with E-state index in [-0.39, 0.29) is 24.0 Å². The van der Waals surface area contributed by atoms with Crippen molar-refractivity contribution in [2.75, 3.05) is 18.0 Å². The van der Waals surface area contributed by atoms with Crippen molar-refractivity contribution < 1.29 is 22.6 Å². The molecule has 11 heteroatoms. The van der Waals surface area contributed by atoms with Gasteiger partial charge in [0.1, 0.15) is 23.9 Å². The number of pyridine rings is 1. The van der Waals surface area contributed by atoms with Crippen molar-refractivity contribution in [1.82, 2.24) is 19.9 Å². The second-order valence-electron chi connectivity index (χ2n) is 9.83. The monoisotopic (exact) mass is 508 g/mol. The van der Waals surface area contributed by atoms with Crippen LogP contribution >= 0.6 is 0 Å². The minimum Gasteiger partial charge on any atom is -0.489 e. The Morgan fingerprint density at radius 2 is 1.86 bits per heavy atom. The van der Waals surface area contributed by atoms with E-state index in [0.29, 0.717) is 23.9 Å². The minimum absolute atomic E-state index is 0.140. The molecule has 0 spiro atoms. The second kappa shape index (κ2) is 10.9. The Morgan fingerprint density at radius 3 is 2.42 bits per heavy atom. The van der Waals surface area contributed by atoms with E-state index < -0.39 is 24.8 Å². The molecule has 0 radical (unpaired) electrons. The van der Waals surface area contributed by atoms with Crippen molar-refractivity contribution in [3.05, 3.63) is 35.9 Å². The molecule has 0 saturated carbocycles. The van der Waals surface area contributed by atoms with Gasteiger partial charge in [0, 0.05) is 29.8 Å². The highest BCUT2D eigenvalue weighted by Crippen LogP contribution is 2.42. The number of halogens is 3. The third-order valence-corrected chi connectivity index (χ3v) is 6.14. The lowest BCUT2D eigenvalue weighted by atomic mass is 9.89. The Bertz CT molecular complexity index is 1040. The van der Waals surface area contributed by atoms with Gasteiger partial charge >= 0.3 is 6.18 Å². The van der Waals surface area contributed by atoms with Gasteiger partial charge in [-0.2, -0.15) is 13.2 Å². The molecule has 1 N–H and O–H groups in total. The molecule has 0 atom stereocenters. The third-order valence-electron chi connectivity index (χ3n) is 6.14. The number of hydrogen-bond donors (Lipinski definition) is 1. The first-order chi connectivity index (χ1) is 16.8. The van der Waals surface area contributed by atoms with E-state index in [9.17, 15) is 13.2 Å². The highest BCUT2D eigenvalue weighted by atomic mass is 19.4. The lowest BCUT2D eigenvalue weighted by Crippen LogP contribution is -2.43. The Balaban J connectivity index is 1.77. The van der Waals surface area contributed by atoms with Gasteiger partial charge in [0.05, 0.1) is 12.3 Å². The van der Waals surface area contributed by atoms with Crippen LogP contribution in [0.4, 0.5) is 24.8 Å². The molecule has 1 aliphatic rings. The molecular weight excluding hydrogens is 473 g/mol. The van der Waals surface area contributed by atoms with Gasteiger partial charge in [-0.25, -0.2) is 15.0 Å². The highest BCUT2D eigenvalue weighted by molar-refractivity contribution is 5.71. The lowest BCUT2D eigenvalue weighted by molar-refractivity contribution is -0.142. The van der Waals surface area contributed by atoms with E-state index >= 15 is 0 Å². The standard InChI is InChI=1S/C25H35F3N6O2/c1-7-17(8-2)36-18-9-10-21(31-11-18)34-14-24(5,6)19-12-30-20(32-22(19)34)13-35-23(29)33(16(3)4)15-25(26,27)28/h9-12,16-17,29H,7-8,13-15H2,1-6H3. The maximum Gasteiger partial charge on any atom is 0.406 e. The van der Waals surface area contributed by atoms with Crippen LogP contribution in [0.15, 0.2) is 24.5 Å². The van der Waals surface area contributed by atoms with Crippen LogP contribution < -0.4 is 9.64 Å². The van der Waals surface area contributed by atoms with E-state index in [1.165, 1.54) is 0 Å². The van der Waals surface area contributed by atoms with Gasteiger partial charge in [-0.3, -0.25) is 5.41 Å². The number of alkyl halides is 3. The Morgan fingerprint density at radius 1 is 1.17 bits per heavy atom. The third kappa shape index (κ3) is 6.55. The van der Waals surface area contributed by atoms with Crippen molar-refractivity contribution in [2.24, 2.45) is 0 Å². The van der Waals surface area contributed by atoms with Crippen molar-refractivity contribution in [3.63, 3.8) is 0 Å². The summed E-state index contributed by atoms with van der Waals surface area (Å²) in [6, 6.07) is 2.64. The molecule has 0 bridgehead atoms. The molecule has 36 heavy (non-hydrogen) atoms. The smallest absolute Gasteiger partial charge is 0.406 e. The van der Waals surface area contributed by atoms with Crippen LogP contribution in [0.2, 0.25) is 0 Å². The van der Waals surface area contributed by atoms with Crippen LogP contribution in [0.1, 0.15) is 65.8 Å². The Kier molecular flexibility index (Phi) is 8.30. The minimum atomic E-state index is -4.45. The SMILES string of the molecule is CCC(CC)Oc1ccc(N2CC(C)(C)c3cnc(COC(=N)N(CC(F)(F)F)C(C)C)nc32)nc1. The van der Waals surface area contributed by atoms with E-state index in [4.69, 9.17) is 14.9 Å². The predicted octanol–water partition coefficient (Wildman–Crippen LogP) is 5.59. The molecule has 0 saturated heterocycles. The average Bonchev–Trinajstić information content (AvgIpc) is 3.09. The fourth-order valence-corrected chi connectivity index (χ4v) is 4.05. The molecule has 198 valence electrons. The summed E-state index contributed by atoms with van der Waals surface area (Å²) in [5.41, 5.74) is 0.691. The van der Waals surface area contributed by atoms with E-state index in [1.54, 1.807) is 26.2 Å². The summed E-state index contributed by atoms with van der Waals surface area (Å²) in [7, 11) is 0. The largest absolute Gasteiger partial charge is 0.489 e. The van der Waals surface area contributed by atoms with Gasteiger partial charge in [-0.1, -0.05) is 27.7 Å². The first kappa shape index (κ1) is 27.5. The summed E-state index contributed by atoms with van der Waals surface area (Å²) in [4.78, 5) is 16.4. The van der Waals surface area contributed by atoms with Gasteiger partial charge in [-0.05, 0) is 38.8 Å². The average molecular weight is 509 g/mol. The number of rotatable bonds is 9. The summed E-state index contributed by atoms with van der Waals surface area (Å²) < 4.78 is 50.0. The molecule has 1 aliphatic heterocycles. The van der Waals surface area contributed by atoms with Crippen LogP contribution in [-0.4, -0.2) is 57.3 Å². The summed E-state index contributed by atoms with van der Waals surface area (Å²) in [6.07, 6.45) is 0.933. The van der Waals surface area contributed by atoms with Crippen LogP contribution in [0.3, 0.4) is 0 Å². The molecular formula is C25H35F3N6O2. The molecule has 2 aromatic rings. The first-order valence-electron chi connectivity index (χ1n) is 12.2. The van der Waals surface area contributed by atoms with Crippen molar-refractivity contribution in [3.8, 4) is 5.75 Å². The zero-order valence-corrected chi connectivity index (χ0v) is 21.7. The Labute approximate surface area is 210 Å². The van der Waals surface area contributed by atoms with Gasteiger partial charge in [0.25, 0.3) is 6.02 Å². The van der Waals surface area contributed by atoms with Gasteiger partial charge < -0.3 is 19.3 Å². The van der Waals surface area contributed by atoms with E-state index in [1.807, 2.05) is 17.0 Å². The number of hydrogen-bond acceptors (Lipinski definition) is 7. The summed E-state index contributed by atoms with van der Waals surface area (Å²) in [5.74, 6) is 2.34. The maximum atomic E-state index is 12.9. The molecule has 2 aromatic heterocycles. The molecule has 0 unspecified atom stereocenters. The van der Waals surface area contributed by atoms with E-state index in [0.717, 1.165) is 23.3 Å². The quantitative estimate of drug-likeness (QED) is 0.349. The molecule has 0 amide bonds. The number of fused-ring (bicyclic) bond motifs is 1. The van der Waals surface area contributed by atoms with Crippen LogP contribution in [0, 0.1) is 5.41 Å². The number of nitrogens with zero attached hydrogens (tertiary/aromatic N) is 5. The molecule has 0 aliphatic carbocycles. The first-order valence-corrected chi connectivity index (χ1v) is 12.2. The zero-order valence-electron chi connectivity index (χ0n) is 21.7. The normalized spacial score (nSPS) is 14.8. The topological polar surface area (TPSA) is 87.5 Å². The summed E-state index contributed by atoms with van der Waals surface area (Å²) >= 11 is 0. The second-order valence-corrected chi connectivity index (χ2v) is 9.83. The van der Waals surface area contributed by atoms with Gasteiger partial charge in [0.2, 0.25) is 0 Å². The fraction of sp³-hybridized carbons (Fsp3) is 0.600. The maximum absolute atomic E-state index is 12.9. The van der Waals surface area contributed by atoms with Gasteiger partial charge in [0.15, 0.2) is 12.4 Å². The number of amidine groups is 1. The summed E-state index contributed by atoms with van der Waals surface area (Å²) in [5, 5.41) is 8.01. The van der Waals surface area contributed by atoms with E-state index in [2.05, 4.69) is 42.6 Å². The van der Waals surface area contributed by atoms with Crippen LogP contribution in [0.5, 0.6) is 5.75 Å². The molecule has 3 rings (SSSR count). The fourth-order valence-electron chi connectivity index (χ4n) is 4.05. The number of aromatic nitrogens is 3. The van der Waals surface area contributed by atoms with Crippen molar-refractivity contribution in [2.45, 2.75) is 84.7 Å². The van der Waals surface area contributed by atoms with Crippen LogP contribution in [0.25, 0.3) is 0 Å². The molecule has 0 fully saturated rings. The lowest BCUT2D eigenvalue weighted by Gasteiger charge is -2.28. The zero-order chi connectivity index (χ0) is 26.7. The number of ether oxygens (including phenoxy) is 2. The molecule has 3 heterocycles. The molecule has 0 aromatic carbocycles. The van der Waals surface area contributed by atoms with Crippen molar-refractivity contribution >= 4 is 17.7 Å². The highest BCUT2D eigenvalue weighted by Gasteiger charge is 2.38.